The smallest absolute Gasteiger partial charge is 0.175 e. The number of methoxy groups -OCH3 is 1. The molecule has 0 aliphatic carbocycles. The lowest BCUT2D eigenvalue weighted by Gasteiger charge is -2.14. The molecule has 1 N–H and O–H groups in total. The first-order chi connectivity index (χ1) is 10.2. The fourth-order valence-electron chi connectivity index (χ4n) is 2.51. The minimum atomic E-state index is 0.621. The Bertz CT molecular complexity index is 447. The van der Waals surface area contributed by atoms with Crippen LogP contribution in [0.3, 0.4) is 0 Å². The van der Waals surface area contributed by atoms with Crippen molar-refractivity contribution in [1.82, 2.24) is 5.32 Å². The van der Waals surface area contributed by atoms with E-state index in [1.165, 1.54) is 18.4 Å². The van der Waals surface area contributed by atoms with Crippen molar-refractivity contribution in [3.63, 3.8) is 0 Å². The van der Waals surface area contributed by atoms with Gasteiger partial charge in [-0.2, -0.15) is 0 Å². The molecule has 1 atom stereocenters. The van der Waals surface area contributed by atoms with Crippen molar-refractivity contribution >= 4 is 15.9 Å². The van der Waals surface area contributed by atoms with Gasteiger partial charge in [-0.15, -0.1) is 0 Å². The number of halogens is 1. The van der Waals surface area contributed by atoms with Crippen LogP contribution in [0.15, 0.2) is 16.6 Å². The Morgan fingerprint density at radius 2 is 2.29 bits per heavy atom. The average molecular weight is 358 g/mol. The van der Waals surface area contributed by atoms with Crippen molar-refractivity contribution in [2.45, 2.75) is 26.3 Å². The molecule has 2 rings (SSSR count). The summed E-state index contributed by atoms with van der Waals surface area (Å²) >= 11 is 3.55. The monoisotopic (exact) mass is 357 g/mol. The summed E-state index contributed by atoms with van der Waals surface area (Å²) in [4.78, 5) is 0. The van der Waals surface area contributed by atoms with Gasteiger partial charge < -0.3 is 19.5 Å². The predicted molar refractivity (Wildman–Crippen MR) is 87.1 cm³/mol. The standard InChI is InChI=1S/C16H24BrNO3/c1-3-21-16-14(17)8-13(9-15(16)19-2)10-18-6-4-12-5-7-20-11-12/h8-9,12,18H,3-7,10-11H2,1-2H3. The van der Waals surface area contributed by atoms with Crippen molar-refractivity contribution < 1.29 is 14.2 Å². The quantitative estimate of drug-likeness (QED) is 0.724. The van der Waals surface area contributed by atoms with Crippen LogP contribution >= 0.6 is 15.9 Å². The van der Waals surface area contributed by atoms with E-state index in [0.29, 0.717) is 6.61 Å². The van der Waals surface area contributed by atoms with Gasteiger partial charge in [0, 0.05) is 19.8 Å². The second-order valence-corrected chi connectivity index (χ2v) is 6.09. The second kappa shape index (κ2) is 8.61. The fourth-order valence-corrected chi connectivity index (χ4v) is 3.11. The largest absolute Gasteiger partial charge is 0.493 e. The Morgan fingerprint density at radius 1 is 1.43 bits per heavy atom. The molecular formula is C16H24BrNO3. The zero-order valence-electron chi connectivity index (χ0n) is 12.8. The number of hydrogen-bond acceptors (Lipinski definition) is 4. The predicted octanol–water partition coefficient (Wildman–Crippen LogP) is 3.37. The van der Waals surface area contributed by atoms with Crippen LogP contribution in [0.1, 0.15) is 25.3 Å². The number of ether oxygens (including phenoxy) is 3. The molecule has 1 unspecified atom stereocenters. The summed E-state index contributed by atoms with van der Waals surface area (Å²) in [6, 6.07) is 4.11. The molecule has 118 valence electrons. The summed E-state index contributed by atoms with van der Waals surface area (Å²) in [5, 5.41) is 3.49. The third kappa shape index (κ3) is 4.87. The van der Waals surface area contributed by atoms with Crippen molar-refractivity contribution in [2.75, 3.05) is 33.5 Å². The lowest BCUT2D eigenvalue weighted by molar-refractivity contribution is 0.184. The molecule has 1 aliphatic heterocycles. The number of rotatable bonds is 8. The highest BCUT2D eigenvalue weighted by molar-refractivity contribution is 9.10. The van der Waals surface area contributed by atoms with Gasteiger partial charge in [-0.05, 0) is 65.9 Å². The summed E-state index contributed by atoms with van der Waals surface area (Å²) in [5.74, 6) is 2.26. The van der Waals surface area contributed by atoms with Gasteiger partial charge in [0.25, 0.3) is 0 Å². The third-order valence-electron chi connectivity index (χ3n) is 3.66. The van der Waals surface area contributed by atoms with E-state index in [1.807, 2.05) is 13.0 Å². The average Bonchev–Trinajstić information content (AvgIpc) is 2.99. The van der Waals surface area contributed by atoms with E-state index in [2.05, 4.69) is 27.3 Å². The number of benzene rings is 1. The molecule has 0 amide bonds. The topological polar surface area (TPSA) is 39.7 Å². The highest BCUT2D eigenvalue weighted by Crippen LogP contribution is 2.36. The molecule has 21 heavy (non-hydrogen) atoms. The second-order valence-electron chi connectivity index (χ2n) is 5.24. The molecule has 4 nitrogen and oxygen atoms in total. The zero-order valence-corrected chi connectivity index (χ0v) is 14.4. The van der Waals surface area contributed by atoms with E-state index < -0.39 is 0 Å². The highest BCUT2D eigenvalue weighted by atomic mass is 79.9. The minimum absolute atomic E-state index is 0.621. The van der Waals surface area contributed by atoms with E-state index in [1.54, 1.807) is 7.11 Å². The molecule has 5 heteroatoms. The van der Waals surface area contributed by atoms with Crippen LogP contribution in [-0.2, 0) is 11.3 Å². The van der Waals surface area contributed by atoms with E-state index in [9.17, 15) is 0 Å². The summed E-state index contributed by atoms with van der Waals surface area (Å²) in [6.45, 7) is 6.28. The zero-order chi connectivity index (χ0) is 15.1. The van der Waals surface area contributed by atoms with Gasteiger partial charge >= 0.3 is 0 Å². The maximum Gasteiger partial charge on any atom is 0.175 e. The maximum atomic E-state index is 5.60. The molecule has 1 aliphatic rings. The lowest BCUT2D eigenvalue weighted by Crippen LogP contribution is -2.18. The highest BCUT2D eigenvalue weighted by Gasteiger charge is 2.15. The minimum Gasteiger partial charge on any atom is -0.493 e. The van der Waals surface area contributed by atoms with Crippen LogP contribution in [0, 0.1) is 5.92 Å². The van der Waals surface area contributed by atoms with Crippen LogP contribution in [0.2, 0.25) is 0 Å². The summed E-state index contributed by atoms with van der Waals surface area (Å²) < 4.78 is 17.3. The fraction of sp³-hybridized carbons (Fsp3) is 0.625. The van der Waals surface area contributed by atoms with Gasteiger partial charge in [0.1, 0.15) is 0 Å². The molecule has 0 radical (unpaired) electrons. The third-order valence-corrected chi connectivity index (χ3v) is 4.25. The first-order valence-corrected chi connectivity index (χ1v) is 8.31. The number of hydrogen-bond donors (Lipinski definition) is 1. The summed E-state index contributed by atoms with van der Waals surface area (Å²) in [5.41, 5.74) is 1.19. The molecule has 1 aromatic rings. The van der Waals surface area contributed by atoms with Crippen LogP contribution < -0.4 is 14.8 Å². The van der Waals surface area contributed by atoms with E-state index >= 15 is 0 Å². The number of nitrogens with one attached hydrogen (secondary N) is 1. The Kier molecular flexibility index (Phi) is 6.80. The first kappa shape index (κ1) is 16.6. The van der Waals surface area contributed by atoms with Crippen molar-refractivity contribution in [3.05, 3.63) is 22.2 Å². The SMILES string of the molecule is CCOc1c(Br)cc(CNCCC2CCOC2)cc1OC. The molecular weight excluding hydrogens is 334 g/mol. The Labute approximate surface area is 135 Å². The Morgan fingerprint density at radius 3 is 2.95 bits per heavy atom. The Hall–Kier alpha value is -0.780. The lowest BCUT2D eigenvalue weighted by atomic mass is 10.1. The molecule has 0 bridgehead atoms. The van der Waals surface area contributed by atoms with Gasteiger partial charge in [-0.1, -0.05) is 0 Å². The van der Waals surface area contributed by atoms with Gasteiger partial charge in [-0.25, -0.2) is 0 Å². The van der Waals surface area contributed by atoms with Crippen LogP contribution in [0.25, 0.3) is 0 Å². The summed E-state index contributed by atoms with van der Waals surface area (Å²) in [7, 11) is 1.67. The van der Waals surface area contributed by atoms with Gasteiger partial charge in [0.2, 0.25) is 0 Å². The molecule has 1 saturated heterocycles. The molecule has 0 aromatic heterocycles. The first-order valence-electron chi connectivity index (χ1n) is 7.52. The van der Waals surface area contributed by atoms with E-state index in [4.69, 9.17) is 14.2 Å². The van der Waals surface area contributed by atoms with Crippen LogP contribution in [0.5, 0.6) is 11.5 Å². The molecule has 1 heterocycles. The molecule has 0 spiro atoms. The van der Waals surface area contributed by atoms with Gasteiger partial charge in [-0.3, -0.25) is 0 Å². The van der Waals surface area contributed by atoms with Crippen molar-refractivity contribution in [1.29, 1.82) is 0 Å². The Balaban J connectivity index is 1.86. The van der Waals surface area contributed by atoms with Crippen LogP contribution in [-0.4, -0.2) is 33.5 Å². The summed E-state index contributed by atoms with van der Waals surface area (Å²) in [6.07, 6.45) is 2.37. The molecule has 1 aromatic carbocycles. The molecule has 0 saturated carbocycles. The van der Waals surface area contributed by atoms with Crippen molar-refractivity contribution in [2.24, 2.45) is 5.92 Å². The van der Waals surface area contributed by atoms with Crippen molar-refractivity contribution in [3.8, 4) is 11.5 Å². The van der Waals surface area contributed by atoms with Crippen LogP contribution in [0.4, 0.5) is 0 Å². The normalized spacial score (nSPS) is 18.0. The van der Waals surface area contributed by atoms with E-state index in [0.717, 1.165) is 48.2 Å². The molecule has 1 fully saturated rings. The van der Waals surface area contributed by atoms with E-state index in [-0.39, 0.29) is 0 Å². The van der Waals surface area contributed by atoms with Gasteiger partial charge in [0.05, 0.1) is 18.2 Å². The maximum absolute atomic E-state index is 5.60. The van der Waals surface area contributed by atoms with Gasteiger partial charge in [0.15, 0.2) is 11.5 Å².